The Labute approximate surface area is 118 Å². The highest BCUT2D eigenvalue weighted by atomic mass is 79.9. The smallest absolute Gasteiger partial charge is 0.271 e. The van der Waals surface area contributed by atoms with E-state index in [1.54, 1.807) is 5.01 Å². The predicted octanol–water partition coefficient (Wildman–Crippen LogP) is 1.62. The number of hydrazine groups is 1. The van der Waals surface area contributed by atoms with Crippen LogP contribution in [0.5, 0.6) is 0 Å². The first-order valence-corrected chi connectivity index (χ1v) is 6.65. The molecule has 1 aliphatic heterocycles. The molecular formula is C12H14BrF2N3O. The van der Waals surface area contributed by atoms with E-state index in [9.17, 15) is 13.6 Å². The third-order valence-corrected chi connectivity index (χ3v) is 3.45. The fourth-order valence-corrected chi connectivity index (χ4v) is 2.28. The van der Waals surface area contributed by atoms with E-state index in [2.05, 4.69) is 26.3 Å². The van der Waals surface area contributed by atoms with E-state index in [0.29, 0.717) is 13.1 Å². The molecule has 1 heterocycles. The Morgan fingerprint density at radius 1 is 1.21 bits per heavy atom. The third-order valence-electron chi connectivity index (χ3n) is 3.00. The molecule has 104 valence electrons. The Hall–Kier alpha value is -1.05. The number of piperazine rings is 1. The number of halogens is 3. The molecule has 1 aliphatic rings. The summed E-state index contributed by atoms with van der Waals surface area (Å²) in [4.78, 5) is 14.0. The highest BCUT2D eigenvalue weighted by Gasteiger charge is 2.22. The van der Waals surface area contributed by atoms with Crippen LogP contribution in [0.15, 0.2) is 16.6 Å². The lowest BCUT2D eigenvalue weighted by molar-refractivity contribution is 0.0654. The summed E-state index contributed by atoms with van der Waals surface area (Å²) < 4.78 is 27.5. The van der Waals surface area contributed by atoms with Gasteiger partial charge < -0.3 is 4.90 Å². The number of rotatable bonds is 2. The maximum atomic E-state index is 13.6. The molecule has 1 aromatic rings. The molecular weight excluding hydrogens is 320 g/mol. The molecule has 0 aliphatic carbocycles. The second kappa shape index (κ2) is 5.94. The molecule has 0 spiro atoms. The Balaban J connectivity index is 2.08. The fourth-order valence-electron chi connectivity index (χ4n) is 1.88. The summed E-state index contributed by atoms with van der Waals surface area (Å²) in [5.74, 6) is -2.51. The van der Waals surface area contributed by atoms with E-state index >= 15 is 0 Å². The molecule has 2 rings (SSSR count). The molecule has 1 amide bonds. The topological polar surface area (TPSA) is 35.6 Å². The zero-order chi connectivity index (χ0) is 14.0. The van der Waals surface area contributed by atoms with Crippen molar-refractivity contribution in [2.45, 2.75) is 0 Å². The Morgan fingerprint density at radius 3 is 2.26 bits per heavy atom. The Bertz CT molecular complexity index is 467. The van der Waals surface area contributed by atoms with Crippen LogP contribution < -0.4 is 5.43 Å². The van der Waals surface area contributed by atoms with Gasteiger partial charge in [-0.25, -0.2) is 13.8 Å². The van der Waals surface area contributed by atoms with Crippen LogP contribution in [0.1, 0.15) is 10.4 Å². The zero-order valence-corrected chi connectivity index (χ0v) is 12.0. The van der Waals surface area contributed by atoms with Gasteiger partial charge in [-0.05, 0) is 19.2 Å². The quantitative estimate of drug-likeness (QED) is 0.893. The number of nitrogens with one attached hydrogen (secondary N) is 1. The van der Waals surface area contributed by atoms with Gasteiger partial charge in [-0.3, -0.25) is 10.2 Å². The number of carbonyl (C=O) groups excluding carboxylic acids is 1. The van der Waals surface area contributed by atoms with Crippen LogP contribution in [0, 0.1) is 11.6 Å². The van der Waals surface area contributed by atoms with Crippen LogP contribution in [0.3, 0.4) is 0 Å². The summed E-state index contributed by atoms with van der Waals surface area (Å²) in [6.07, 6.45) is 0. The van der Waals surface area contributed by atoms with E-state index in [1.807, 2.05) is 7.05 Å². The molecule has 1 fully saturated rings. The van der Waals surface area contributed by atoms with Crippen molar-refractivity contribution in [3.05, 3.63) is 33.8 Å². The minimum atomic E-state index is -0.876. The second-order valence-corrected chi connectivity index (χ2v) is 5.39. The van der Waals surface area contributed by atoms with Crippen LogP contribution in [-0.4, -0.2) is 49.0 Å². The van der Waals surface area contributed by atoms with Gasteiger partial charge in [0.25, 0.3) is 5.91 Å². The lowest BCUT2D eigenvalue weighted by Gasteiger charge is -2.32. The molecule has 0 unspecified atom stereocenters. The minimum absolute atomic E-state index is 0.263. The molecule has 4 nitrogen and oxygen atoms in total. The zero-order valence-electron chi connectivity index (χ0n) is 10.4. The Kier molecular flexibility index (Phi) is 4.49. The van der Waals surface area contributed by atoms with Crippen molar-refractivity contribution < 1.29 is 13.6 Å². The van der Waals surface area contributed by atoms with E-state index in [-0.39, 0.29) is 4.47 Å². The molecule has 19 heavy (non-hydrogen) atoms. The van der Waals surface area contributed by atoms with E-state index < -0.39 is 23.1 Å². The average Bonchev–Trinajstić information content (AvgIpc) is 2.30. The van der Waals surface area contributed by atoms with Gasteiger partial charge in [0.2, 0.25) is 0 Å². The molecule has 0 atom stereocenters. The van der Waals surface area contributed by atoms with Crippen molar-refractivity contribution in [2.24, 2.45) is 0 Å². The SMILES string of the molecule is CN1CCN(NC(=O)c2c(F)cc(Br)cc2F)CC1. The molecule has 1 N–H and O–H groups in total. The number of nitrogens with zero attached hydrogens (tertiary/aromatic N) is 2. The summed E-state index contributed by atoms with van der Waals surface area (Å²) in [6.45, 7) is 2.85. The van der Waals surface area contributed by atoms with E-state index in [4.69, 9.17) is 0 Å². The molecule has 0 radical (unpaired) electrons. The lowest BCUT2D eigenvalue weighted by atomic mass is 10.2. The minimum Gasteiger partial charge on any atom is -0.304 e. The lowest BCUT2D eigenvalue weighted by Crippen LogP contribution is -2.52. The molecule has 7 heteroatoms. The number of likely N-dealkylation sites (N-methyl/N-ethyl adjacent to an activating group) is 1. The van der Waals surface area contributed by atoms with E-state index in [0.717, 1.165) is 25.2 Å². The number of amides is 1. The molecule has 1 saturated heterocycles. The number of hydrogen-bond donors (Lipinski definition) is 1. The highest BCUT2D eigenvalue weighted by molar-refractivity contribution is 9.10. The first-order chi connectivity index (χ1) is 8.97. The summed E-state index contributed by atoms with van der Waals surface area (Å²) in [6, 6.07) is 2.14. The van der Waals surface area contributed by atoms with Gasteiger partial charge in [0.1, 0.15) is 17.2 Å². The van der Waals surface area contributed by atoms with Crippen LogP contribution in [0.2, 0.25) is 0 Å². The highest BCUT2D eigenvalue weighted by Crippen LogP contribution is 2.19. The molecule has 1 aromatic carbocycles. The van der Waals surface area contributed by atoms with Crippen molar-refractivity contribution in [3.63, 3.8) is 0 Å². The van der Waals surface area contributed by atoms with Gasteiger partial charge in [-0.2, -0.15) is 0 Å². The normalized spacial score (nSPS) is 17.5. The van der Waals surface area contributed by atoms with Gasteiger partial charge in [-0.15, -0.1) is 0 Å². The summed E-state index contributed by atoms with van der Waals surface area (Å²) in [7, 11) is 1.98. The van der Waals surface area contributed by atoms with Gasteiger partial charge in [0.15, 0.2) is 0 Å². The summed E-state index contributed by atoms with van der Waals surface area (Å²) in [5.41, 5.74) is 1.98. The standard InChI is InChI=1S/C12H14BrF2N3O/c1-17-2-4-18(5-3-17)16-12(19)11-9(14)6-8(13)7-10(11)15/h6-7H,2-5H2,1H3,(H,16,19). The molecule has 0 saturated carbocycles. The van der Waals surface area contributed by atoms with Crippen LogP contribution in [-0.2, 0) is 0 Å². The summed E-state index contributed by atoms with van der Waals surface area (Å²) in [5, 5.41) is 1.67. The van der Waals surface area contributed by atoms with Crippen LogP contribution in [0.4, 0.5) is 8.78 Å². The third kappa shape index (κ3) is 3.49. The van der Waals surface area contributed by atoms with Gasteiger partial charge in [0.05, 0.1) is 0 Å². The predicted molar refractivity (Wildman–Crippen MR) is 70.6 cm³/mol. The second-order valence-electron chi connectivity index (χ2n) is 4.48. The van der Waals surface area contributed by atoms with E-state index in [1.165, 1.54) is 0 Å². The van der Waals surface area contributed by atoms with Gasteiger partial charge >= 0.3 is 0 Å². The van der Waals surface area contributed by atoms with Gasteiger partial charge in [-0.1, -0.05) is 15.9 Å². The summed E-state index contributed by atoms with van der Waals surface area (Å²) >= 11 is 2.97. The molecule has 0 bridgehead atoms. The van der Waals surface area contributed by atoms with Gasteiger partial charge in [0, 0.05) is 30.7 Å². The van der Waals surface area contributed by atoms with Crippen molar-refractivity contribution in [1.82, 2.24) is 15.3 Å². The number of carbonyl (C=O) groups is 1. The maximum Gasteiger partial charge on any atom is 0.271 e. The largest absolute Gasteiger partial charge is 0.304 e. The van der Waals surface area contributed by atoms with Crippen molar-refractivity contribution in [2.75, 3.05) is 33.2 Å². The van der Waals surface area contributed by atoms with Crippen molar-refractivity contribution >= 4 is 21.8 Å². The first-order valence-electron chi connectivity index (χ1n) is 5.86. The van der Waals surface area contributed by atoms with Crippen molar-refractivity contribution in [3.8, 4) is 0 Å². The first kappa shape index (κ1) is 14.4. The van der Waals surface area contributed by atoms with Crippen molar-refractivity contribution in [1.29, 1.82) is 0 Å². The maximum absolute atomic E-state index is 13.6. The average molecular weight is 334 g/mol. The van der Waals surface area contributed by atoms with Crippen LogP contribution >= 0.6 is 15.9 Å². The van der Waals surface area contributed by atoms with Crippen LogP contribution in [0.25, 0.3) is 0 Å². The molecule has 0 aromatic heterocycles. The number of benzene rings is 1. The monoisotopic (exact) mass is 333 g/mol. The number of hydrogen-bond acceptors (Lipinski definition) is 3. The fraction of sp³-hybridized carbons (Fsp3) is 0.417. The Morgan fingerprint density at radius 2 is 1.74 bits per heavy atom.